The van der Waals surface area contributed by atoms with Crippen molar-refractivity contribution in [3.8, 4) is 5.88 Å². The summed E-state index contributed by atoms with van der Waals surface area (Å²) in [5, 5.41) is 12.0. The lowest BCUT2D eigenvalue weighted by atomic mass is 9.69. The predicted octanol–water partition coefficient (Wildman–Crippen LogP) is 4.47. The van der Waals surface area contributed by atoms with Gasteiger partial charge in [-0.1, -0.05) is 19.9 Å². The number of pyridine rings is 1. The molecule has 2 aromatic rings. The Morgan fingerprint density at radius 2 is 1.84 bits per heavy atom. The van der Waals surface area contributed by atoms with E-state index in [1.807, 2.05) is 13.8 Å². The summed E-state index contributed by atoms with van der Waals surface area (Å²) in [5.41, 5.74) is -1.42. The molecule has 11 heteroatoms. The fourth-order valence-electron chi connectivity index (χ4n) is 4.27. The summed E-state index contributed by atoms with van der Waals surface area (Å²) in [7, 11) is 0. The summed E-state index contributed by atoms with van der Waals surface area (Å²) >= 11 is 0. The Morgan fingerprint density at radius 1 is 1.19 bits per heavy atom. The predicted molar refractivity (Wildman–Crippen MR) is 129 cm³/mol. The van der Waals surface area contributed by atoms with Crippen molar-refractivity contribution in [3.05, 3.63) is 53.0 Å². The van der Waals surface area contributed by atoms with Gasteiger partial charge in [-0.2, -0.15) is 8.78 Å². The van der Waals surface area contributed by atoms with Crippen LogP contribution >= 0.6 is 0 Å². The maximum Gasteiger partial charge on any atom is 0.388 e. The van der Waals surface area contributed by atoms with Crippen molar-refractivity contribution < 1.29 is 37.4 Å². The van der Waals surface area contributed by atoms with E-state index in [0.717, 1.165) is 0 Å². The third-order valence-electron chi connectivity index (χ3n) is 6.48. The molecule has 1 fully saturated rings. The first-order valence-electron chi connectivity index (χ1n) is 11.7. The zero-order valence-electron chi connectivity index (χ0n) is 21.3. The van der Waals surface area contributed by atoms with Gasteiger partial charge in [0.1, 0.15) is 16.9 Å². The minimum absolute atomic E-state index is 0.102. The molecule has 1 aromatic carbocycles. The molecule has 0 spiro atoms. The SMILES string of the molecule is Cc1ccc(NC(=O)C2(c3cc(F)ccc3C(C)C)CN(C(=O)CC(C)(C)C(=O)O)C2)c(OC(F)F)n1. The number of alkyl halides is 2. The molecule has 200 valence electrons. The van der Waals surface area contributed by atoms with Gasteiger partial charge in [-0.05, 0) is 62.1 Å². The van der Waals surface area contributed by atoms with Crippen molar-refractivity contribution in [2.24, 2.45) is 5.41 Å². The van der Waals surface area contributed by atoms with Crippen molar-refractivity contribution in [1.29, 1.82) is 0 Å². The standard InChI is InChI=1S/C26H30F3N3O5/c1-14(2)17-8-7-16(27)10-18(17)26(12-32(13-26)20(33)11-25(4,5)23(35)36)22(34)31-19-9-6-15(3)30-21(19)37-24(28)29/h6-10,14,24H,11-13H2,1-5H3,(H,31,34)(H,35,36). The lowest BCUT2D eigenvalue weighted by Crippen LogP contribution is -2.67. The van der Waals surface area contributed by atoms with Crippen LogP contribution in [-0.4, -0.2) is 52.5 Å². The average Bonchev–Trinajstić information content (AvgIpc) is 2.74. The Balaban J connectivity index is 2.00. The van der Waals surface area contributed by atoms with E-state index < -0.39 is 46.9 Å². The lowest BCUT2D eigenvalue weighted by Gasteiger charge is -2.50. The second-order valence-corrected chi connectivity index (χ2v) is 10.2. The van der Waals surface area contributed by atoms with Gasteiger partial charge in [-0.15, -0.1) is 0 Å². The first kappa shape index (κ1) is 27.9. The van der Waals surface area contributed by atoms with Crippen molar-refractivity contribution in [2.45, 2.75) is 59.0 Å². The molecule has 0 atom stereocenters. The molecular weight excluding hydrogens is 491 g/mol. The number of carbonyl (C=O) groups excluding carboxylic acids is 2. The largest absolute Gasteiger partial charge is 0.481 e. The molecule has 1 aliphatic heterocycles. The zero-order chi connectivity index (χ0) is 27.7. The van der Waals surface area contributed by atoms with E-state index in [4.69, 9.17) is 0 Å². The number of carboxylic acid groups (broad SMARTS) is 1. The van der Waals surface area contributed by atoms with Crippen LogP contribution in [-0.2, 0) is 19.8 Å². The number of likely N-dealkylation sites (tertiary alicyclic amines) is 1. The van der Waals surface area contributed by atoms with Gasteiger partial charge in [0.25, 0.3) is 0 Å². The molecule has 2 amide bonds. The maximum absolute atomic E-state index is 14.4. The van der Waals surface area contributed by atoms with E-state index in [2.05, 4.69) is 15.0 Å². The van der Waals surface area contributed by atoms with Gasteiger partial charge in [0.2, 0.25) is 17.7 Å². The monoisotopic (exact) mass is 521 g/mol. The quantitative estimate of drug-likeness (QED) is 0.504. The van der Waals surface area contributed by atoms with E-state index in [-0.39, 0.29) is 31.1 Å². The molecule has 2 N–H and O–H groups in total. The highest BCUT2D eigenvalue weighted by Crippen LogP contribution is 2.42. The number of aromatic nitrogens is 1. The second kappa shape index (κ2) is 10.4. The van der Waals surface area contributed by atoms with Crippen LogP contribution in [0.2, 0.25) is 0 Å². The van der Waals surface area contributed by atoms with Crippen molar-refractivity contribution in [2.75, 3.05) is 18.4 Å². The highest BCUT2D eigenvalue weighted by Gasteiger charge is 2.54. The van der Waals surface area contributed by atoms with E-state index in [9.17, 15) is 32.7 Å². The number of nitrogens with one attached hydrogen (secondary N) is 1. The number of aliphatic carboxylic acids is 1. The van der Waals surface area contributed by atoms with Crippen LogP contribution < -0.4 is 10.1 Å². The van der Waals surface area contributed by atoms with Crippen molar-refractivity contribution >= 4 is 23.5 Å². The lowest BCUT2D eigenvalue weighted by molar-refractivity contribution is -0.155. The first-order valence-corrected chi connectivity index (χ1v) is 11.7. The number of halogens is 3. The summed E-state index contributed by atoms with van der Waals surface area (Å²) in [6, 6.07) is 6.97. The third kappa shape index (κ3) is 5.86. The van der Waals surface area contributed by atoms with E-state index >= 15 is 0 Å². The summed E-state index contributed by atoms with van der Waals surface area (Å²) in [6.45, 7) is 4.68. The molecule has 0 saturated carbocycles. The van der Waals surface area contributed by atoms with Crippen molar-refractivity contribution in [3.63, 3.8) is 0 Å². The number of benzene rings is 1. The number of hydrogen-bond donors (Lipinski definition) is 2. The molecule has 1 aromatic heterocycles. The van der Waals surface area contributed by atoms with Gasteiger partial charge in [0.05, 0.1) is 5.41 Å². The minimum atomic E-state index is -3.18. The highest BCUT2D eigenvalue weighted by atomic mass is 19.3. The number of hydrogen-bond acceptors (Lipinski definition) is 5. The average molecular weight is 522 g/mol. The number of anilines is 1. The molecule has 8 nitrogen and oxygen atoms in total. The number of ether oxygens (including phenoxy) is 1. The molecule has 2 heterocycles. The Kier molecular flexibility index (Phi) is 7.85. The van der Waals surface area contributed by atoms with E-state index in [1.54, 1.807) is 13.0 Å². The fourth-order valence-corrected chi connectivity index (χ4v) is 4.27. The van der Waals surface area contributed by atoms with E-state index in [0.29, 0.717) is 16.8 Å². The summed E-state index contributed by atoms with van der Waals surface area (Å²) in [4.78, 5) is 43.4. The molecule has 3 rings (SSSR count). The van der Waals surface area contributed by atoms with Crippen LogP contribution in [0.25, 0.3) is 0 Å². The normalized spacial score (nSPS) is 14.9. The summed E-state index contributed by atoms with van der Waals surface area (Å²) < 4.78 is 44.8. The molecule has 0 bridgehead atoms. The number of nitrogens with zero attached hydrogens (tertiary/aromatic N) is 2. The molecule has 0 aliphatic carbocycles. The minimum Gasteiger partial charge on any atom is -0.481 e. The van der Waals surface area contributed by atoms with E-state index in [1.165, 1.54) is 43.0 Å². The van der Waals surface area contributed by atoms with Gasteiger partial charge in [-0.3, -0.25) is 14.4 Å². The van der Waals surface area contributed by atoms with Gasteiger partial charge >= 0.3 is 12.6 Å². The Morgan fingerprint density at radius 3 is 2.41 bits per heavy atom. The molecule has 0 unspecified atom stereocenters. The smallest absolute Gasteiger partial charge is 0.388 e. The number of rotatable bonds is 9. The summed E-state index contributed by atoms with van der Waals surface area (Å²) in [6.07, 6.45) is -0.297. The highest BCUT2D eigenvalue weighted by molar-refractivity contribution is 6.03. The van der Waals surface area contributed by atoms with Gasteiger partial charge in [0, 0.05) is 25.2 Å². The molecule has 1 aliphatic rings. The van der Waals surface area contributed by atoms with Crippen LogP contribution in [0.3, 0.4) is 0 Å². The number of carboxylic acids is 1. The topological polar surface area (TPSA) is 109 Å². The van der Waals surface area contributed by atoms with Gasteiger partial charge in [-0.25, -0.2) is 9.37 Å². The van der Waals surface area contributed by atoms with Gasteiger partial charge < -0.3 is 20.1 Å². The Labute approximate surface area is 212 Å². The van der Waals surface area contributed by atoms with Crippen LogP contribution in [0.15, 0.2) is 30.3 Å². The first-order chi connectivity index (χ1) is 17.2. The van der Waals surface area contributed by atoms with Crippen LogP contribution in [0.1, 0.15) is 56.9 Å². The van der Waals surface area contributed by atoms with Crippen LogP contribution in [0.5, 0.6) is 5.88 Å². The Hall–Kier alpha value is -3.63. The van der Waals surface area contributed by atoms with Gasteiger partial charge in [0.15, 0.2) is 0 Å². The maximum atomic E-state index is 14.4. The molecule has 37 heavy (non-hydrogen) atoms. The fraction of sp³-hybridized carbons (Fsp3) is 0.462. The zero-order valence-corrected chi connectivity index (χ0v) is 21.3. The number of aryl methyl sites for hydroxylation is 1. The third-order valence-corrected chi connectivity index (χ3v) is 6.48. The number of carbonyl (C=O) groups is 3. The van der Waals surface area contributed by atoms with Crippen LogP contribution in [0, 0.1) is 18.2 Å². The number of amides is 2. The second-order valence-electron chi connectivity index (χ2n) is 10.2. The summed E-state index contributed by atoms with van der Waals surface area (Å²) in [5.74, 6) is -3.44. The molecular formula is C26H30F3N3O5. The van der Waals surface area contributed by atoms with Crippen molar-refractivity contribution in [1.82, 2.24) is 9.88 Å². The van der Waals surface area contributed by atoms with Crippen LogP contribution in [0.4, 0.5) is 18.9 Å². The molecule has 1 saturated heterocycles. The molecule has 0 radical (unpaired) electrons. The Bertz CT molecular complexity index is 1210.